The van der Waals surface area contributed by atoms with Crippen molar-refractivity contribution in [2.24, 2.45) is 5.41 Å². The number of fused-ring (bicyclic) bond motifs is 1. The van der Waals surface area contributed by atoms with Crippen molar-refractivity contribution >= 4 is 16.9 Å². The maximum atomic E-state index is 12.9. The molecule has 2 heterocycles. The van der Waals surface area contributed by atoms with Gasteiger partial charge in [-0.05, 0) is 44.0 Å². The number of aryl methyl sites for hydroxylation is 1. The zero-order valence-corrected chi connectivity index (χ0v) is 14.3. The summed E-state index contributed by atoms with van der Waals surface area (Å²) in [6, 6.07) is 7.36. The minimum absolute atomic E-state index is 0.0587. The van der Waals surface area contributed by atoms with Crippen LogP contribution in [0.3, 0.4) is 0 Å². The average Bonchev–Trinajstić information content (AvgIpc) is 2.95. The van der Waals surface area contributed by atoms with E-state index in [1.54, 1.807) is 11.0 Å². The molecule has 3 rings (SSSR count). The van der Waals surface area contributed by atoms with Gasteiger partial charge in [0.1, 0.15) is 11.3 Å². The fraction of sp³-hybridized carbons (Fsp3) is 0.526. The van der Waals surface area contributed by atoms with Gasteiger partial charge >= 0.3 is 0 Å². The number of hydrogen-bond donors (Lipinski definition) is 2. The Hall–Kier alpha value is -1.85. The van der Waals surface area contributed by atoms with Crippen LogP contribution in [-0.4, -0.2) is 46.8 Å². The van der Waals surface area contributed by atoms with E-state index in [0.29, 0.717) is 31.5 Å². The Labute approximate surface area is 141 Å². The number of aliphatic hydroxyl groups is 2. The van der Waals surface area contributed by atoms with Crippen LogP contribution in [-0.2, 0) is 0 Å². The van der Waals surface area contributed by atoms with Crippen LogP contribution in [0.25, 0.3) is 11.0 Å². The summed E-state index contributed by atoms with van der Waals surface area (Å²) < 4.78 is 5.55. The highest BCUT2D eigenvalue weighted by Gasteiger charge is 2.43. The predicted molar refractivity (Wildman–Crippen MR) is 91.9 cm³/mol. The predicted octanol–water partition coefficient (Wildman–Crippen LogP) is 2.73. The molecule has 1 aliphatic heterocycles. The van der Waals surface area contributed by atoms with Gasteiger partial charge in [-0.15, -0.1) is 0 Å². The van der Waals surface area contributed by atoms with Crippen molar-refractivity contribution in [1.29, 1.82) is 0 Å². The zero-order chi connectivity index (χ0) is 17.3. The van der Waals surface area contributed by atoms with Crippen LogP contribution in [0.2, 0.25) is 0 Å². The summed E-state index contributed by atoms with van der Waals surface area (Å²) in [7, 11) is 0. The average molecular weight is 331 g/mol. The topological polar surface area (TPSA) is 73.9 Å². The Morgan fingerprint density at radius 1 is 1.42 bits per heavy atom. The Morgan fingerprint density at radius 2 is 2.21 bits per heavy atom. The van der Waals surface area contributed by atoms with Gasteiger partial charge in [0.25, 0.3) is 5.91 Å². The molecule has 1 aliphatic rings. The number of benzene rings is 1. The highest BCUT2D eigenvalue weighted by Crippen LogP contribution is 2.35. The molecule has 2 atom stereocenters. The lowest BCUT2D eigenvalue weighted by atomic mass is 9.74. The lowest BCUT2D eigenvalue weighted by molar-refractivity contribution is -0.0720. The normalized spacial score (nSPS) is 24.5. The van der Waals surface area contributed by atoms with E-state index in [1.807, 2.05) is 32.0 Å². The molecule has 1 saturated heterocycles. The number of aliphatic hydroxyl groups excluding tert-OH is 2. The lowest BCUT2D eigenvalue weighted by Gasteiger charge is -2.45. The maximum Gasteiger partial charge on any atom is 0.253 e. The quantitative estimate of drug-likeness (QED) is 0.903. The van der Waals surface area contributed by atoms with Crippen LogP contribution in [0, 0.1) is 12.3 Å². The van der Waals surface area contributed by atoms with Crippen LogP contribution in [0.15, 0.2) is 28.7 Å². The van der Waals surface area contributed by atoms with Crippen LogP contribution >= 0.6 is 0 Å². The number of rotatable bonds is 4. The third kappa shape index (κ3) is 2.94. The molecule has 0 radical (unpaired) electrons. The van der Waals surface area contributed by atoms with E-state index in [0.717, 1.165) is 23.2 Å². The smallest absolute Gasteiger partial charge is 0.253 e. The maximum absolute atomic E-state index is 12.9. The molecular formula is C19H25NO4. The molecule has 1 amide bonds. The fourth-order valence-corrected chi connectivity index (χ4v) is 3.79. The van der Waals surface area contributed by atoms with Gasteiger partial charge in [0, 0.05) is 29.5 Å². The number of carbonyl (C=O) groups excluding carboxylic acids is 1. The summed E-state index contributed by atoms with van der Waals surface area (Å²) in [5.41, 5.74) is 0.774. The molecular weight excluding hydrogens is 306 g/mol. The largest absolute Gasteiger partial charge is 0.461 e. The monoisotopic (exact) mass is 331 g/mol. The fourth-order valence-electron chi connectivity index (χ4n) is 3.79. The van der Waals surface area contributed by atoms with Crippen LogP contribution in [0.1, 0.15) is 42.3 Å². The Bertz CT molecular complexity index is 738. The van der Waals surface area contributed by atoms with Crippen molar-refractivity contribution in [3.8, 4) is 0 Å². The number of likely N-dealkylation sites (tertiary alicyclic amines) is 1. The number of carbonyl (C=O) groups is 1. The Balaban J connectivity index is 1.85. The third-order valence-corrected chi connectivity index (χ3v) is 5.12. The van der Waals surface area contributed by atoms with Crippen LogP contribution in [0.4, 0.5) is 0 Å². The third-order valence-electron chi connectivity index (χ3n) is 5.12. The van der Waals surface area contributed by atoms with Gasteiger partial charge in [0.15, 0.2) is 0 Å². The molecule has 5 heteroatoms. The number of amides is 1. The minimum atomic E-state index is -0.612. The summed E-state index contributed by atoms with van der Waals surface area (Å²) >= 11 is 0. The van der Waals surface area contributed by atoms with E-state index in [4.69, 9.17) is 4.42 Å². The van der Waals surface area contributed by atoms with E-state index < -0.39 is 11.5 Å². The Morgan fingerprint density at radius 3 is 2.92 bits per heavy atom. The highest BCUT2D eigenvalue weighted by atomic mass is 16.3. The first-order chi connectivity index (χ1) is 11.5. The number of nitrogens with zero attached hydrogens (tertiary/aromatic N) is 1. The molecule has 24 heavy (non-hydrogen) atoms. The molecule has 2 aromatic rings. The first kappa shape index (κ1) is 17.0. The van der Waals surface area contributed by atoms with Gasteiger partial charge in [-0.3, -0.25) is 4.79 Å². The molecule has 1 aromatic heterocycles. The molecule has 0 bridgehead atoms. The van der Waals surface area contributed by atoms with E-state index >= 15 is 0 Å². The molecule has 5 nitrogen and oxygen atoms in total. The molecule has 0 unspecified atom stereocenters. The van der Waals surface area contributed by atoms with Gasteiger partial charge in [-0.25, -0.2) is 0 Å². The van der Waals surface area contributed by atoms with Crippen molar-refractivity contribution in [2.75, 3.05) is 19.7 Å². The first-order valence-corrected chi connectivity index (χ1v) is 8.57. The summed E-state index contributed by atoms with van der Waals surface area (Å²) in [4.78, 5) is 14.7. The van der Waals surface area contributed by atoms with Gasteiger partial charge in [-0.2, -0.15) is 0 Å². The van der Waals surface area contributed by atoms with Crippen molar-refractivity contribution in [3.05, 3.63) is 35.6 Å². The van der Waals surface area contributed by atoms with Crippen molar-refractivity contribution in [1.82, 2.24) is 4.90 Å². The second-order valence-electron chi connectivity index (χ2n) is 6.91. The summed E-state index contributed by atoms with van der Waals surface area (Å²) in [5.74, 6) is 0.759. The SMILES string of the molecule is CCC[C@@]1(CO)CN(C(=O)c2ccc3oc(C)cc3c2)CC[C@@H]1O. The summed E-state index contributed by atoms with van der Waals surface area (Å²) in [5, 5.41) is 21.1. The molecule has 130 valence electrons. The molecule has 1 aromatic carbocycles. The summed E-state index contributed by atoms with van der Waals surface area (Å²) in [6.07, 6.45) is 1.50. The lowest BCUT2D eigenvalue weighted by Crippen LogP contribution is -2.55. The van der Waals surface area contributed by atoms with Crippen molar-refractivity contribution in [2.45, 2.75) is 39.2 Å². The second-order valence-corrected chi connectivity index (χ2v) is 6.91. The Kier molecular flexibility index (Phi) is 4.65. The van der Waals surface area contributed by atoms with Crippen molar-refractivity contribution in [3.63, 3.8) is 0 Å². The van der Waals surface area contributed by atoms with E-state index in [1.165, 1.54) is 0 Å². The van der Waals surface area contributed by atoms with Gasteiger partial charge < -0.3 is 19.5 Å². The molecule has 0 spiro atoms. The second kappa shape index (κ2) is 6.57. The van der Waals surface area contributed by atoms with Gasteiger partial charge in [0.2, 0.25) is 0 Å². The molecule has 0 saturated carbocycles. The molecule has 2 N–H and O–H groups in total. The van der Waals surface area contributed by atoms with Gasteiger partial charge in [0.05, 0.1) is 12.7 Å². The molecule has 0 aliphatic carbocycles. The first-order valence-electron chi connectivity index (χ1n) is 8.57. The van der Waals surface area contributed by atoms with Crippen LogP contribution < -0.4 is 0 Å². The minimum Gasteiger partial charge on any atom is -0.461 e. The number of piperidine rings is 1. The van der Waals surface area contributed by atoms with E-state index in [9.17, 15) is 15.0 Å². The standard InChI is InChI=1S/C19H25NO4/c1-3-7-19(12-21)11-20(8-6-17(19)22)18(23)14-4-5-16-15(10-14)9-13(2)24-16/h4-5,9-10,17,21-22H,3,6-8,11-12H2,1-2H3/t17-,19-/m0/s1. The number of hydrogen-bond acceptors (Lipinski definition) is 4. The highest BCUT2D eigenvalue weighted by molar-refractivity contribution is 5.98. The van der Waals surface area contributed by atoms with Crippen LogP contribution in [0.5, 0.6) is 0 Å². The molecule has 1 fully saturated rings. The zero-order valence-electron chi connectivity index (χ0n) is 14.3. The van der Waals surface area contributed by atoms with E-state index in [-0.39, 0.29) is 12.5 Å². The van der Waals surface area contributed by atoms with Gasteiger partial charge in [-0.1, -0.05) is 13.3 Å². The van der Waals surface area contributed by atoms with E-state index in [2.05, 4.69) is 0 Å². The number of furan rings is 1. The summed E-state index contributed by atoms with van der Waals surface area (Å²) in [6.45, 7) is 4.70. The van der Waals surface area contributed by atoms with Crippen molar-refractivity contribution < 1.29 is 19.4 Å².